The zero-order chi connectivity index (χ0) is 16.5. The molecule has 0 amide bonds. The van der Waals surface area contributed by atoms with Gasteiger partial charge in [-0.1, -0.05) is 50.3 Å². The maximum absolute atomic E-state index is 13.4. The number of nitrogens with zero attached hydrogens (tertiary/aromatic N) is 1. The maximum atomic E-state index is 13.4. The molecule has 0 saturated carbocycles. The molecule has 2 saturated heterocycles. The van der Waals surface area contributed by atoms with E-state index in [0.717, 1.165) is 31.4 Å². The van der Waals surface area contributed by atoms with Crippen LogP contribution in [0.25, 0.3) is 0 Å². The monoisotopic (exact) mass is 335 g/mol. The number of hydrogen-bond acceptors (Lipinski definition) is 4. The van der Waals surface area contributed by atoms with Crippen molar-refractivity contribution in [3.63, 3.8) is 0 Å². The summed E-state index contributed by atoms with van der Waals surface area (Å²) in [6, 6.07) is 10.2. The molecule has 0 aliphatic carbocycles. The van der Waals surface area contributed by atoms with Crippen LogP contribution in [0, 0.1) is 5.41 Å². The van der Waals surface area contributed by atoms with Crippen LogP contribution in [-0.4, -0.2) is 23.9 Å². The molecule has 2 aliphatic heterocycles. The number of hydrogen-bond donors (Lipinski definition) is 0. The van der Waals surface area contributed by atoms with Crippen LogP contribution in [-0.2, 0) is 9.05 Å². The minimum absolute atomic E-state index is 0.205. The molecule has 0 spiro atoms. The number of rotatable bonds is 4. The lowest BCUT2D eigenvalue weighted by Gasteiger charge is -2.47. The third-order valence-electron chi connectivity index (χ3n) is 4.75. The van der Waals surface area contributed by atoms with Crippen molar-refractivity contribution in [2.75, 3.05) is 13.2 Å². The second kappa shape index (κ2) is 6.62. The minimum atomic E-state index is -3.26. The normalized spacial score (nSPS) is 34.4. The smallest absolute Gasteiger partial charge is 0.315 e. The van der Waals surface area contributed by atoms with Gasteiger partial charge in [-0.25, -0.2) is 0 Å². The van der Waals surface area contributed by atoms with Gasteiger partial charge in [0.15, 0.2) is 0 Å². The molecule has 0 radical (unpaired) electrons. The van der Waals surface area contributed by atoms with Gasteiger partial charge in [-0.2, -0.15) is 9.05 Å². The average Bonchev–Trinajstić information content (AvgIpc) is 3.00. The molecule has 0 N–H and O–H groups in total. The molecule has 4 nitrogen and oxygen atoms in total. The van der Waals surface area contributed by atoms with Crippen molar-refractivity contribution in [3.05, 3.63) is 48.6 Å². The molecule has 5 heteroatoms. The summed E-state index contributed by atoms with van der Waals surface area (Å²) < 4.78 is 13.9. The SMILES string of the molecule is C=CCC1CCCN1[P+]1([O-])OCC(C)(C)C(c2ccccc2)O1. The Labute approximate surface area is 139 Å². The molecule has 23 heavy (non-hydrogen) atoms. The van der Waals surface area contributed by atoms with Gasteiger partial charge in [-0.3, -0.25) is 0 Å². The first-order valence-electron chi connectivity index (χ1n) is 8.32. The Morgan fingerprint density at radius 3 is 2.83 bits per heavy atom. The van der Waals surface area contributed by atoms with Gasteiger partial charge in [0, 0.05) is 12.0 Å². The molecule has 126 valence electrons. The highest BCUT2D eigenvalue weighted by Gasteiger charge is 2.55. The Morgan fingerprint density at radius 1 is 1.39 bits per heavy atom. The molecule has 0 bridgehead atoms. The third kappa shape index (κ3) is 3.38. The van der Waals surface area contributed by atoms with Crippen LogP contribution in [0.1, 0.15) is 44.8 Å². The van der Waals surface area contributed by atoms with Crippen LogP contribution in [0.5, 0.6) is 0 Å². The van der Waals surface area contributed by atoms with Gasteiger partial charge in [-0.05, 0) is 24.8 Å². The molecular formula is C18H26NO3P. The predicted molar refractivity (Wildman–Crippen MR) is 91.5 cm³/mol. The van der Waals surface area contributed by atoms with Crippen molar-refractivity contribution in [2.24, 2.45) is 5.41 Å². The summed E-state index contributed by atoms with van der Waals surface area (Å²) in [5.41, 5.74) is 0.837. The topological polar surface area (TPSA) is 44.8 Å². The van der Waals surface area contributed by atoms with Crippen molar-refractivity contribution in [1.82, 2.24) is 4.67 Å². The maximum Gasteiger partial charge on any atom is 0.315 e. The van der Waals surface area contributed by atoms with E-state index in [2.05, 4.69) is 20.4 Å². The molecule has 3 unspecified atom stereocenters. The fourth-order valence-corrected chi connectivity index (χ4v) is 5.98. The highest BCUT2D eigenvalue weighted by Crippen LogP contribution is 2.67. The van der Waals surface area contributed by atoms with Crippen molar-refractivity contribution in [1.29, 1.82) is 0 Å². The Hall–Kier alpha value is -0.770. The second-order valence-corrected chi connectivity index (χ2v) is 9.03. The van der Waals surface area contributed by atoms with E-state index in [0.29, 0.717) is 6.61 Å². The Morgan fingerprint density at radius 2 is 2.13 bits per heavy atom. The van der Waals surface area contributed by atoms with Crippen LogP contribution >= 0.6 is 8.09 Å². The average molecular weight is 335 g/mol. The molecular weight excluding hydrogens is 309 g/mol. The van der Waals surface area contributed by atoms with Gasteiger partial charge in [0.25, 0.3) is 0 Å². The highest BCUT2D eigenvalue weighted by atomic mass is 31.2. The van der Waals surface area contributed by atoms with Gasteiger partial charge in [-0.15, -0.1) is 11.2 Å². The molecule has 3 atom stereocenters. The molecule has 2 fully saturated rings. The van der Waals surface area contributed by atoms with E-state index >= 15 is 0 Å². The zero-order valence-electron chi connectivity index (χ0n) is 14.0. The predicted octanol–water partition coefficient (Wildman–Crippen LogP) is 3.88. The lowest BCUT2D eigenvalue weighted by atomic mass is 9.83. The Balaban J connectivity index is 1.86. The molecule has 2 aliphatic rings. The van der Waals surface area contributed by atoms with E-state index in [1.807, 2.05) is 41.1 Å². The lowest BCUT2D eigenvalue weighted by Crippen LogP contribution is -2.45. The third-order valence-corrected chi connectivity index (χ3v) is 6.84. The van der Waals surface area contributed by atoms with E-state index in [-0.39, 0.29) is 17.6 Å². The van der Waals surface area contributed by atoms with Crippen molar-refractivity contribution in [2.45, 2.75) is 45.3 Å². The summed E-state index contributed by atoms with van der Waals surface area (Å²) in [5.74, 6) is 0. The first kappa shape index (κ1) is 17.1. The molecule has 0 aromatic heterocycles. The van der Waals surface area contributed by atoms with Crippen molar-refractivity contribution in [3.8, 4) is 0 Å². The minimum Gasteiger partial charge on any atom is -0.616 e. The second-order valence-electron chi connectivity index (χ2n) is 7.11. The Kier molecular flexibility index (Phi) is 4.91. The van der Waals surface area contributed by atoms with E-state index in [1.54, 1.807) is 0 Å². The van der Waals surface area contributed by atoms with Gasteiger partial charge in [0.1, 0.15) is 12.7 Å². The van der Waals surface area contributed by atoms with Crippen LogP contribution in [0.4, 0.5) is 0 Å². The van der Waals surface area contributed by atoms with Crippen LogP contribution in [0.15, 0.2) is 43.0 Å². The lowest BCUT2D eigenvalue weighted by molar-refractivity contribution is -0.260. The summed E-state index contributed by atoms with van der Waals surface area (Å²) in [6.07, 6.45) is 4.51. The first-order chi connectivity index (χ1) is 11.0. The van der Waals surface area contributed by atoms with E-state index < -0.39 is 8.09 Å². The summed E-state index contributed by atoms with van der Waals surface area (Å²) in [5, 5.41) is 0. The van der Waals surface area contributed by atoms with Gasteiger partial charge in [0.2, 0.25) is 0 Å². The fraction of sp³-hybridized carbons (Fsp3) is 0.556. The van der Waals surface area contributed by atoms with Crippen molar-refractivity contribution >= 4 is 8.09 Å². The molecule has 1 aromatic carbocycles. The van der Waals surface area contributed by atoms with Crippen molar-refractivity contribution < 1.29 is 13.9 Å². The van der Waals surface area contributed by atoms with Crippen LogP contribution < -0.4 is 4.89 Å². The first-order valence-corrected chi connectivity index (χ1v) is 9.82. The van der Waals surface area contributed by atoms with E-state index in [1.165, 1.54) is 0 Å². The van der Waals surface area contributed by atoms with E-state index in [4.69, 9.17) is 9.05 Å². The van der Waals surface area contributed by atoms with E-state index in [9.17, 15) is 4.89 Å². The highest BCUT2D eigenvalue weighted by molar-refractivity contribution is 7.56. The van der Waals surface area contributed by atoms with Crippen LogP contribution in [0.2, 0.25) is 0 Å². The summed E-state index contributed by atoms with van der Waals surface area (Å²) in [4.78, 5) is 13.4. The van der Waals surface area contributed by atoms with Gasteiger partial charge < -0.3 is 4.89 Å². The quantitative estimate of drug-likeness (QED) is 0.619. The van der Waals surface area contributed by atoms with Crippen LogP contribution in [0.3, 0.4) is 0 Å². The van der Waals surface area contributed by atoms with Gasteiger partial charge >= 0.3 is 8.09 Å². The number of benzene rings is 1. The standard InChI is InChI=1S/C18H26NO3P/c1-4-9-16-12-8-13-19(16)23(20)21-14-18(2,3)17(22-23)15-10-6-5-7-11-15/h4-7,10-11,16-17H,1,8-9,12-14H2,2-3H3. The zero-order valence-corrected chi connectivity index (χ0v) is 14.9. The summed E-state index contributed by atoms with van der Waals surface area (Å²) in [6.45, 7) is 9.20. The van der Waals surface area contributed by atoms with Gasteiger partial charge in [0.05, 0.1) is 6.04 Å². The Bertz CT molecular complexity index is 550. The summed E-state index contributed by atoms with van der Waals surface area (Å²) >= 11 is 0. The largest absolute Gasteiger partial charge is 0.616 e. The molecule has 2 heterocycles. The molecule has 1 aromatic rings. The summed E-state index contributed by atoms with van der Waals surface area (Å²) in [7, 11) is -3.26. The fourth-order valence-electron chi connectivity index (χ4n) is 3.48. The molecule has 3 rings (SSSR count).